The fourth-order valence-electron chi connectivity index (χ4n) is 2.07. The van der Waals surface area contributed by atoms with Crippen LogP contribution in [0.2, 0.25) is 0 Å². The van der Waals surface area contributed by atoms with Gasteiger partial charge < -0.3 is 19.3 Å². The van der Waals surface area contributed by atoms with E-state index in [1.54, 1.807) is 12.2 Å². The first-order chi connectivity index (χ1) is 8.73. The molecule has 102 valence electrons. The van der Waals surface area contributed by atoms with Crippen LogP contribution in [0.15, 0.2) is 25.3 Å². The molecule has 4 atom stereocenters. The normalized spacial score (nSPS) is 38.6. The van der Waals surface area contributed by atoms with Crippen LogP contribution in [0.4, 0.5) is 0 Å². The Morgan fingerprint density at radius 1 is 1.28 bits per heavy atom. The summed E-state index contributed by atoms with van der Waals surface area (Å²) in [4.78, 5) is 10.3. The van der Waals surface area contributed by atoms with Gasteiger partial charge in [-0.15, -0.1) is 13.2 Å². The van der Waals surface area contributed by atoms with Crippen LogP contribution >= 0.6 is 0 Å². The van der Waals surface area contributed by atoms with Crippen LogP contribution in [-0.4, -0.2) is 55.6 Å². The lowest BCUT2D eigenvalue weighted by Gasteiger charge is -2.30. The molecular weight excluding hydrogens is 240 g/mol. The van der Waals surface area contributed by atoms with E-state index < -0.39 is 24.1 Å². The van der Waals surface area contributed by atoms with Crippen molar-refractivity contribution < 1.29 is 29.1 Å². The quantitative estimate of drug-likeness (QED) is 0.231. The molecule has 2 aliphatic heterocycles. The lowest BCUT2D eigenvalue weighted by atomic mass is 10.1. The Hall–Kier alpha value is -0.760. The van der Waals surface area contributed by atoms with Gasteiger partial charge >= 0.3 is 0 Å². The summed E-state index contributed by atoms with van der Waals surface area (Å²) in [6.45, 7) is 7.92. The standard InChI is InChI=1S/C12H18O6/c1-3-5-16-12(18-17-6-4-2)8-15-10-9(13)7-14-11(10)12/h3-4,9-11,13H,1-2,5-8H2/t9-,10-,11+,12+/m1/s1. The third kappa shape index (κ3) is 2.49. The average Bonchev–Trinajstić information content (AvgIpc) is 2.91. The molecule has 0 spiro atoms. The van der Waals surface area contributed by atoms with Crippen molar-refractivity contribution in [2.75, 3.05) is 26.4 Å². The summed E-state index contributed by atoms with van der Waals surface area (Å²) in [5.74, 6) is -1.17. The fourth-order valence-corrected chi connectivity index (χ4v) is 2.07. The van der Waals surface area contributed by atoms with Crippen molar-refractivity contribution in [1.29, 1.82) is 0 Å². The van der Waals surface area contributed by atoms with Crippen molar-refractivity contribution in [1.82, 2.24) is 0 Å². The van der Waals surface area contributed by atoms with Crippen LogP contribution in [-0.2, 0) is 24.0 Å². The predicted octanol–water partition coefficient (Wildman–Crippen LogP) is 0.178. The summed E-state index contributed by atoms with van der Waals surface area (Å²) in [5.41, 5.74) is 0. The van der Waals surface area contributed by atoms with Crippen molar-refractivity contribution in [3.05, 3.63) is 25.3 Å². The summed E-state index contributed by atoms with van der Waals surface area (Å²) in [6.07, 6.45) is 1.50. The van der Waals surface area contributed by atoms with Gasteiger partial charge in [0.25, 0.3) is 5.79 Å². The third-order valence-corrected chi connectivity index (χ3v) is 2.87. The summed E-state index contributed by atoms with van der Waals surface area (Å²) in [5, 5.41) is 9.69. The SMILES string of the molecule is C=CCOO[C@@]1(OCC=C)CO[C@@H]2[C@H](O)CO[C@@H]21. The number of aliphatic hydroxyl groups excluding tert-OH is 1. The Kier molecular flexibility index (Phi) is 4.50. The molecule has 0 unspecified atom stereocenters. The second-order valence-electron chi connectivity index (χ2n) is 4.16. The van der Waals surface area contributed by atoms with E-state index in [1.807, 2.05) is 0 Å². The maximum absolute atomic E-state index is 9.69. The topological polar surface area (TPSA) is 66.4 Å². The van der Waals surface area contributed by atoms with Crippen molar-refractivity contribution in [2.24, 2.45) is 0 Å². The van der Waals surface area contributed by atoms with Crippen LogP contribution in [0.1, 0.15) is 0 Å². The molecule has 2 heterocycles. The Morgan fingerprint density at radius 2 is 2.06 bits per heavy atom. The molecule has 6 heteroatoms. The first-order valence-corrected chi connectivity index (χ1v) is 5.81. The fraction of sp³-hybridized carbons (Fsp3) is 0.667. The van der Waals surface area contributed by atoms with E-state index in [0.717, 1.165) is 0 Å². The van der Waals surface area contributed by atoms with E-state index in [4.69, 9.17) is 24.0 Å². The average molecular weight is 258 g/mol. The molecule has 0 aromatic carbocycles. The molecule has 18 heavy (non-hydrogen) atoms. The smallest absolute Gasteiger partial charge is 0.254 e. The summed E-state index contributed by atoms with van der Waals surface area (Å²) < 4.78 is 16.5. The highest BCUT2D eigenvalue weighted by Gasteiger charge is 2.59. The van der Waals surface area contributed by atoms with Crippen LogP contribution in [0.3, 0.4) is 0 Å². The number of aliphatic hydroxyl groups is 1. The Balaban J connectivity index is 2.04. The second kappa shape index (κ2) is 5.92. The van der Waals surface area contributed by atoms with E-state index in [0.29, 0.717) is 0 Å². The number of fused-ring (bicyclic) bond motifs is 1. The van der Waals surface area contributed by atoms with Crippen LogP contribution in [0.25, 0.3) is 0 Å². The predicted molar refractivity (Wildman–Crippen MR) is 61.6 cm³/mol. The number of hydrogen-bond acceptors (Lipinski definition) is 6. The lowest BCUT2D eigenvalue weighted by molar-refractivity contribution is -0.436. The molecule has 0 amide bonds. The highest BCUT2D eigenvalue weighted by molar-refractivity contribution is 5.00. The molecule has 6 nitrogen and oxygen atoms in total. The zero-order chi connectivity index (χ0) is 13.0. The summed E-state index contributed by atoms with van der Waals surface area (Å²) in [6, 6.07) is 0. The molecule has 0 radical (unpaired) electrons. The molecule has 2 saturated heterocycles. The maximum atomic E-state index is 9.69. The molecule has 0 bridgehead atoms. The highest BCUT2D eigenvalue weighted by Crippen LogP contribution is 2.37. The minimum absolute atomic E-state index is 0.129. The van der Waals surface area contributed by atoms with Crippen LogP contribution < -0.4 is 0 Å². The van der Waals surface area contributed by atoms with Gasteiger partial charge in [0.1, 0.15) is 31.5 Å². The zero-order valence-electron chi connectivity index (χ0n) is 10.1. The molecular formula is C12H18O6. The van der Waals surface area contributed by atoms with E-state index in [2.05, 4.69) is 13.2 Å². The van der Waals surface area contributed by atoms with Crippen molar-refractivity contribution in [2.45, 2.75) is 24.1 Å². The number of rotatable bonds is 7. The minimum Gasteiger partial charge on any atom is -0.388 e. The summed E-state index contributed by atoms with van der Waals surface area (Å²) >= 11 is 0. The van der Waals surface area contributed by atoms with E-state index >= 15 is 0 Å². The second-order valence-corrected chi connectivity index (χ2v) is 4.16. The first kappa shape index (κ1) is 13.7. The lowest BCUT2D eigenvalue weighted by Crippen LogP contribution is -2.48. The summed E-state index contributed by atoms with van der Waals surface area (Å²) in [7, 11) is 0. The van der Waals surface area contributed by atoms with Crippen molar-refractivity contribution >= 4 is 0 Å². The number of hydrogen-bond donors (Lipinski definition) is 1. The van der Waals surface area contributed by atoms with Gasteiger partial charge in [-0.05, 0) is 0 Å². The molecule has 2 rings (SSSR count). The third-order valence-electron chi connectivity index (χ3n) is 2.87. The van der Waals surface area contributed by atoms with Gasteiger partial charge in [0.2, 0.25) is 0 Å². The zero-order valence-corrected chi connectivity index (χ0v) is 10.1. The van der Waals surface area contributed by atoms with E-state index in [1.165, 1.54) is 0 Å². The van der Waals surface area contributed by atoms with Gasteiger partial charge in [-0.25, -0.2) is 4.89 Å². The maximum Gasteiger partial charge on any atom is 0.254 e. The molecule has 2 fully saturated rings. The van der Waals surface area contributed by atoms with Gasteiger partial charge in [0.15, 0.2) is 0 Å². The molecule has 0 aromatic rings. The van der Waals surface area contributed by atoms with Gasteiger partial charge in [0.05, 0.1) is 13.2 Å². The van der Waals surface area contributed by atoms with Gasteiger partial charge in [-0.2, -0.15) is 4.89 Å². The molecule has 0 aromatic heterocycles. The van der Waals surface area contributed by atoms with Crippen molar-refractivity contribution in [3.63, 3.8) is 0 Å². The minimum atomic E-state index is -1.17. The molecule has 0 aliphatic carbocycles. The Morgan fingerprint density at radius 3 is 2.78 bits per heavy atom. The molecule has 2 aliphatic rings. The molecule has 1 N–H and O–H groups in total. The Bertz CT molecular complexity index is 307. The van der Waals surface area contributed by atoms with Gasteiger partial charge in [0, 0.05) is 0 Å². The monoisotopic (exact) mass is 258 g/mol. The van der Waals surface area contributed by atoms with E-state index in [9.17, 15) is 5.11 Å². The van der Waals surface area contributed by atoms with Crippen LogP contribution in [0.5, 0.6) is 0 Å². The van der Waals surface area contributed by atoms with E-state index in [-0.39, 0.29) is 26.4 Å². The molecule has 0 saturated carbocycles. The van der Waals surface area contributed by atoms with Gasteiger partial charge in [-0.1, -0.05) is 12.2 Å². The Labute approximate surface area is 106 Å². The highest BCUT2D eigenvalue weighted by atomic mass is 17.2. The van der Waals surface area contributed by atoms with Crippen molar-refractivity contribution in [3.8, 4) is 0 Å². The van der Waals surface area contributed by atoms with Gasteiger partial charge in [-0.3, -0.25) is 0 Å². The number of ether oxygens (including phenoxy) is 3. The first-order valence-electron chi connectivity index (χ1n) is 5.81. The van der Waals surface area contributed by atoms with Crippen LogP contribution in [0, 0.1) is 0 Å². The largest absolute Gasteiger partial charge is 0.388 e.